The molecule has 0 fully saturated rings. The lowest BCUT2D eigenvalue weighted by atomic mass is 10.0. The number of carbonyl (C=O) groups is 1. The van der Waals surface area contributed by atoms with Crippen molar-refractivity contribution >= 4 is 21.8 Å². The van der Waals surface area contributed by atoms with Crippen molar-refractivity contribution in [1.82, 2.24) is 5.32 Å². The van der Waals surface area contributed by atoms with Crippen molar-refractivity contribution in [2.45, 2.75) is 12.8 Å². The number of ether oxygens (including phenoxy) is 1. The van der Waals surface area contributed by atoms with Gasteiger partial charge in [-0.25, -0.2) is 4.39 Å². The van der Waals surface area contributed by atoms with Crippen molar-refractivity contribution in [1.29, 1.82) is 0 Å². The molecule has 1 N–H and O–H groups in total. The van der Waals surface area contributed by atoms with Crippen LogP contribution < -0.4 is 10.1 Å². The van der Waals surface area contributed by atoms with Crippen LogP contribution in [-0.4, -0.2) is 19.1 Å². The Morgan fingerprint density at radius 2 is 1.82 bits per heavy atom. The Kier molecular flexibility index (Phi) is 5.95. The highest BCUT2D eigenvalue weighted by atomic mass is 79.9. The van der Waals surface area contributed by atoms with Crippen LogP contribution in [0.15, 0.2) is 53.0 Å². The Morgan fingerprint density at radius 1 is 1.18 bits per heavy atom. The van der Waals surface area contributed by atoms with Gasteiger partial charge in [-0.05, 0) is 47.9 Å². The maximum atomic E-state index is 12.9. The second-order valence-electron chi connectivity index (χ2n) is 5.00. The Morgan fingerprint density at radius 3 is 2.45 bits per heavy atom. The van der Waals surface area contributed by atoms with Gasteiger partial charge in [-0.3, -0.25) is 4.79 Å². The fourth-order valence-corrected chi connectivity index (χ4v) is 2.17. The second kappa shape index (κ2) is 7.94. The number of halogens is 2. The summed E-state index contributed by atoms with van der Waals surface area (Å²) in [5.41, 5.74) is 0.982. The lowest BCUT2D eigenvalue weighted by molar-refractivity contribution is -0.123. The van der Waals surface area contributed by atoms with Crippen molar-refractivity contribution in [3.05, 3.63) is 64.4 Å². The summed E-state index contributed by atoms with van der Waals surface area (Å²) in [6.07, 6.45) is 0. The van der Waals surface area contributed by atoms with E-state index in [1.54, 1.807) is 24.3 Å². The molecule has 0 bridgehead atoms. The molecule has 1 atom stereocenters. The molecule has 0 aliphatic carbocycles. The second-order valence-corrected chi connectivity index (χ2v) is 5.91. The lowest BCUT2D eigenvalue weighted by Crippen LogP contribution is -2.31. The molecule has 22 heavy (non-hydrogen) atoms. The highest BCUT2D eigenvalue weighted by molar-refractivity contribution is 9.10. The van der Waals surface area contributed by atoms with Crippen molar-refractivity contribution in [3.8, 4) is 5.75 Å². The number of hydrogen-bond acceptors (Lipinski definition) is 2. The minimum atomic E-state index is -0.261. The zero-order valence-electron chi connectivity index (χ0n) is 12.2. The van der Waals surface area contributed by atoms with E-state index >= 15 is 0 Å². The predicted molar refractivity (Wildman–Crippen MR) is 87.5 cm³/mol. The summed E-state index contributed by atoms with van der Waals surface area (Å²) in [7, 11) is 0. The van der Waals surface area contributed by atoms with E-state index < -0.39 is 0 Å². The van der Waals surface area contributed by atoms with Gasteiger partial charge >= 0.3 is 0 Å². The molecule has 0 saturated carbocycles. The molecule has 1 amide bonds. The molecular weight excluding hydrogens is 349 g/mol. The number of hydrogen-bond donors (Lipinski definition) is 1. The average molecular weight is 366 g/mol. The van der Waals surface area contributed by atoms with Crippen molar-refractivity contribution in [3.63, 3.8) is 0 Å². The van der Waals surface area contributed by atoms with Crippen LogP contribution >= 0.6 is 15.9 Å². The summed E-state index contributed by atoms with van der Waals surface area (Å²) >= 11 is 3.33. The summed E-state index contributed by atoms with van der Waals surface area (Å²) in [6.45, 7) is 2.43. The molecule has 2 aromatic carbocycles. The summed E-state index contributed by atoms with van der Waals surface area (Å²) in [6, 6.07) is 13.6. The molecule has 3 nitrogen and oxygen atoms in total. The van der Waals surface area contributed by atoms with E-state index in [1.807, 2.05) is 19.1 Å². The number of carbonyl (C=O) groups excluding carboxylic acids is 1. The first kappa shape index (κ1) is 16.5. The number of amides is 1. The Balaban J connectivity index is 1.75. The summed E-state index contributed by atoms with van der Waals surface area (Å²) in [5.74, 6) is 0.307. The largest absolute Gasteiger partial charge is 0.484 e. The van der Waals surface area contributed by atoms with Gasteiger partial charge in [-0.2, -0.15) is 0 Å². The van der Waals surface area contributed by atoms with Crippen molar-refractivity contribution < 1.29 is 13.9 Å². The minimum absolute atomic E-state index is 0.0300. The molecule has 5 heteroatoms. The zero-order valence-corrected chi connectivity index (χ0v) is 13.8. The molecule has 0 spiro atoms. The van der Waals surface area contributed by atoms with Crippen LogP contribution in [0.25, 0.3) is 0 Å². The zero-order chi connectivity index (χ0) is 15.9. The van der Waals surface area contributed by atoms with Crippen LogP contribution in [0.1, 0.15) is 18.4 Å². The molecule has 1 unspecified atom stereocenters. The van der Waals surface area contributed by atoms with Gasteiger partial charge in [-0.1, -0.05) is 35.0 Å². The van der Waals surface area contributed by atoms with Gasteiger partial charge in [0.05, 0.1) is 0 Å². The number of rotatable bonds is 6. The first-order valence-corrected chi connectivity index (χ1v) is 7.74. The first-order chi connectivity index (χ1) is 10.5. The average Bonchev–Trinajstić information content (AvgIpc) is 2.52. The highest BCUT2D eigenvalue weighted by Gasteiger charge is 2.08. The van der Waals surface area contributed by atoms with E-state index in [2.05, 4.69) is 21.2 Å². The van der Waals surface area contributed by atoms with E-state index in [1.165, 1.54) is 12.1 Å². The summed E-state index contributed by atoms with van der Waals surface area (Å²) in [5, 5.41) is 2.81. The molecular formula is C17H17BrFNO2. The smallest absolute Gasteiger partial charge is 0.257 e. The van der Waals surface area contributed by atoms with Gasteiger partial charge in [0, 0.05) is 11.0 Å². The molecule has 0 heterocycles. The SMILES string of the molecule is CC(CNC(=O)COc1ccc(Br)cc1)c1ccc(F)cc1. The predicted octanol–water partition coefficient (Wildman–Crippen LogP) is 3.89. The third-order valence-electron chi connectivity index (χ3n) is 3.23. The van der Waals surface area contributed by atoms with Crippen molar-refractivity contribution in [2.24, 2.45) is 0 Å². The van der Waals surface area contributed by atoms with Gasteiger partial charge in [0.25, 0.3) is 5.91 Å². The molecule has 0 saturated heterocycles. The normalized spacial score (nSPS) is 11.8. The van der Waals surface area contributed by atoms with Crippen LogP contribution in [0.5, 0.6) is 5.75 Å². The molecule has 0 aromatic heterocycles. The van der Waals surface area contributed by atoms with Gasteiger partial charge in [-0.15, -0.1) is 0 Å². The summed E-state index contributed by atoms with van der Waals surface area (Å²) < 4.78 is 19.2. The molecule has 0 radical (unpaired) electrons. The van der Waals surface area contributed by atoms with E-state index in [4.69, 9.17) is 4.74 Å². The van der Waals surface area contributed by atoms with E-state index in [0.29, 0.717) is 12.3 Å². The number of benzene rings is 2. The quantitative estimate of drug-likeness (QED) is 0.843. The fourth-order valence-electron chi connectivity index (χ4n) is 1.91. The van der Waals surface area contributed by atoms with E-state index in [-0.39, 0.29) is 24.2 Å². The molecule has 0 aliphatic rings. The fraction of sp³-hybridized carbons (Fsp3) is 0.235. The van der Waals surface area contributed by atoms with Gasteiger partial charge in [0.1, 0.15) is 11.6 Å². The highest BCUT2D eigenvalue weighted by Crippen LogP contribution is 2.16. The van der Waals surface area contributed by atoms with E-state index in [9.17, 15) is 9.18 Å². The van der Waals surface area contributed by atoms with Gasteiger partial charge < -0.3 is 10.1 Å². The van der Waals surface area contributed by atoms with Gasteiger partial charge in [0.2, 0.25) is 0 Å². The van der Waals surface area contributed by atoms with Crippen molar-refractivity contribution in [2.75, 3.05) is 13.2 Å². The third-order valence-corrected chi connectivity index (χ3v) is 3.76. The lowest BCUT2D eigenvalue weighted by Gasteiger charge is -2.13. The van der Waals surface area contributed by atoms with Crippen LogP contribution in [0.4, 0.5) is 4.39 Å². The molecule has 2 rings (SSSR count). The molecule has 116 valence electrons. The molecule has 2 aromatic rings. The standard InChI is InChI=1S/C17H17BrFNO2/c1-12(13-2-6-15(19)7-3-13)10-20-17(21)11-22-16-8-4-14(18)5-9-16/h2-9,12H,10-11H2,1H3,(H,20,21). The topological polar surface area (TPSA) is 38.3 Å². The van der Waals surface area contributed by atoms with Gasteiger partial charge in [0.15, 0.2) is 6.61 Å². The Labute approximate surface area is 137 Å². The molecule has 0 aliphatic heterocycles. The third kappa shape index (κ3) is 5.15. The number of nitrogens with one attached hydrogen (secondary N) is 1. The summed E-state index contributed by atoms with van der Waals surface area (Å²) in [4.78, 5) is 11.8. The Bertz CT molecular complexity index is 614. The first-order valence-electron chi connectivity index (χ1n) is 6.95. The monoisotopic (exact) mass is 365 g/mol. The van der Waals surface area contributed by atoms with Crippen LogP contribution in [0, 0.1) is 5.82 Å². The minimum Gasteiger partial charge on any atom is -0.484 e. The maximum absolute atomic E-state index is 12.9. The van der Waals surface area contributed by atoms with Crippen LogP contribution in [-0.2, 0) is 4.79 Å². The maximum Gasteiger partial charge on any atom is 0.257 e. The van der Waals surface area contributed by atoms with E-state index in [0.717, 1.165) is 10.0 Å². The Hall–Kier alpha value is -1.88. The van der Waals surface area contributed by atoms with Crippen LogP contribution in [0.3, 0.4) is 0 Å². The van der Waals surface area contributed by atoms with Crippen LogP contribution in [0.2, 0.25) is 0 Å².